The van der Waals surface area contributed by atoms with Crippen LogP contribution in [0.3, 0.4) is 0 Å². The van der Waals surface area contributed by atoms with E-state index >= 15 is 0 Å². The molecule has 0 unspecified atom stereocenters. The lowest BCUT2D eigenvalue weighted by Gasteiger charge is -2.26. The highest BCUT2D eigenvalue weighted by Gasteiger charge is 2.20. The van der Waals surface area contributed by atoms with E-state index in [1.54, 1.807) is 18.0 Å². The second-order valence-electron chi connectivity index (χ2n) is 4.04. The van der Waals surface area contributed by atoms with Crippen molar-refractivity contribution < 1.29 is 14.7 Å². The molecule has 0 saturated heterocycles. The molecule has 0 aliphatic carbocycles. The Bertz CT molecular complexity index is 471. The first-order valence-electron chi connectivity index (χ1n) is 5.43. The SMILES string of the molecule is CN1C(=O)CCc2cc(NCC(=O)O)ccc21. The number of carboxylic acid groups (broad SMARTS) is 1. The molecule has 2 N–H and O–H groups in total. The quantitative estimate of drug-likeness (QED) is 0.821. The van der Waals surface area contributed by atoms with E-state index in [4.69, 9.17) is 5.11 Å². The van der Waals surface area contributed by atoms with Crippen LogP contribution in [-0.4, -0.2) is 30.6 Å². The molecule has 0 bridgehead atoms. The Morgan fingerprint density at radius 1 is 1.47 bits per heavy atom. The first kappa shape index (κ1) is 11.4. The smallest absolute Gasteiger partial charge is 0.322 e. The molecule has 90 valence electrons. The summed E-state index contributed by atoms with van der Waals surface area (Å²) in [6.07, 6.45) is 1.22. The molecular weight excluding hydrogens is 220 g/mol. The Balaban J connectivity index is 2.20. The summed E-state index contributed by atoms with van der Waals surface area (Å²) in [5.74, 6) is -0.779. The monoisotopic (exact) mass is 234 g/mol. The van der Waals surface area contributed by atoms with Crippen LogP contribution in [0.15, 0.2) is 18.2 Å². The van der Waals surface area contributed by atoms with Crippen LogP contribution in [0.1, 0.15) is 12.0 Å². The van der Waals surface area contributed by atoms with Gasteiger partial charge < -0.3 is 15.3 Å². The van der Waals surface area contributed by atoms with Gasteiger partial charge in [0, 0.05) is 24.8 Å². The van der Waals surface area contributed by atoms with E-state index in [0.29, 0.717) is 12.8 Å². The minimum absolute atomic E-state index is 0.104. The Hall–Kier alpha value is -2.04. The van der Waals surface area contributed by atoms with Crippen LogP contribution < -0.4 is 10.2 Å². The number of hydrogen-bond acceptors (Lipinski definition) is 3. The van der Waals surface area contributed by atoms with Gasteiger partial charge in [0.15, 0.2) is 0 Å². The predicted octanol–water partition coefficient (Wildman–Crippen LogP) is 1.09. The third-order valence-electron chi connectivity index (χ3n) is 2.87. The Morgan fingerprint density at radius 3 is 2.94 bits per heavy atom. The average molecular weight is 234 g/mol. The van der Waals surface area contributed by atoms with Crippen LogP contribution in [-0.2, 0) is 16.0 Å². The Morgan fingerprint density at radius 2 is 2.24 bits per heavy atom. The highest BCUT2D eigenvalue weighted by Crippen LogP contribution is 2.29. The Labute approximate surface area is 99.0 Å². The van der Waals surface area contributed by atoms with Gasteiger partial charge in [-0.3, -0.25) is 9.59 Å². The number of fused-ring (bicyclic) bond motifs is 1. The molecule has 2 rings (SSSR count). The van der Waals surface area contributed by atoms with Crippen LogP contribution >= 0.6 is 0 Å². The second kappa shape index (κ2) is 4.45. The number of carbonyl (C=O) groups excluding carboxylic acids is 1. The predicted molar refractivity (Wildman–Crippen MR) is 64.3 cm³/mol. The van der Waals surface area contributed by atoms with Crippen molar-refractivity contribution in [1.82, 2.24) is 0 Å². The van der Waals surface area contributed by atoms with Crippen LogP contribution in [0.4, 0.5) is 11.4 Å². The summed E-state index contributed by atoms with van der Waals surface area (Å²) in [4.78, 5) is 23.6. The van der Waals surface area contributed by atoms with E-state index in [-0.39, 0.29) is 12.5 Å². The lowest BCUT2D eigenvalue weighted by atomic mass is 10.0. The second-order valence-corrected chi connectivity index (χ2v) is 4.04. The van der Waals surface area contributed by atoms with Crippen LogP contribution in [0.25, 0.3) is 0 Å². The molecular formula is C12H14N2O3. The van der Waals surface area contributed by atoms with Gasteiger partial charge in [0.1, 0.15) is 6.54 Å². The number of rotatable bonds is 3. The zero-order valence-electron chi connectivity index (χ0n) is 9.56. The van der Waals surface area contributed by atoms with Crippen LogP contribution in [0.2, 0.25) is 0 Å². The van der Waals surface area contributed by atoms with Gasteiger partial charge >= 0.3 is 5.97 Å². The largest absolute Gasteiger partial charge is 0.480 e. The molecule has 0 atom stereocenters. The van der Waals surface area contributed by atoms with Crippen molar-refractivity contribution in [2.75, 3.05) is 23.8 Å². The van der Waals surface area contributed by atoms with E-state index in [9.17, 15) is 9.59 Å². The van der Waals surface area contributed by atoms with Crippen molar-refractivity contribution in [3.63, 3.8) is 0 Å². The molecule has 0 saturated carbocycles. The van der Waals surface area contributed by atoms with Crippen molar-refractivity contribution in [2.24, 2.45) is 0 Å². The minimum Gasteiger partial charge on any atom is -0.480 e. The topological polar surface area (TPSA) is 69.6 Å². The third kappa shape index (κ3) is 2.38. The zero-order chi connectivity index (χ0) is 12.4. The van der Waals surface area contributed by atoms with Crippen LogP contribution in [0, 0.1) is 0 Å². The molecule has 17 heavy (non-hydrogen) atoms. The number of carboxylic acids is 1. The maximum atomic E-state index is 11.5. The minimum atomic E-state index is -0.894. The standard InChI is InChI=1S/C12H14N2O3/c1-14-10-4-3-9(13-7-12(16)17)6-8(10)2-5-11(14)15/h3-4,6,13H,2,5,7H2,1H3,(H,16,17). The Kier molecular flexibility index (Phi) is 2.99. The van der Waals surface area contributed by atoms with Crippen molar-refractivity contribution >= 4 is 23.3 Å². The van der Waals surface area contributed by atoms with E-state index < -0.39 is 5.97 Å². The lowest BCUT2D eigenvalue weighted by molar-refractivity contribution is -0.135. The normalized spacial score (nSPS) is 14.4. The molecule has 1 aromatic carbocycles. The number of nitrogens with zero attached hydrogens (tertiary/aromatic N) is 1. The van der Waals surface area contributed by atoms with Gasteiger partial charge in [0.2, 0.25) is 5.91 Å². The molecule has 1 heterocycles. The van der Waals surface area contributed by atoms with Crippen molar-refractivity contribution in [1.29, 1.82) is 0 Å². The molecule has 5 heteroatoms. The highest BCUT2D eigenvalue weighted by molar-refractivity contribution is 5.96. The van der Waals surface area contributed by atoms with Gasteiger partial charge in [-0.1, -0.05) is 0 Å². The molecule has 1 amide bonds. The number of anilines is 2. The summed E-state index contributed by atoms with van der Waals surface area (Å²) >= 11 is 0. The molecule has 0 aromatic heterocycles. The first-order chi connectivity index (χ1) is 8.08. The van der Waals surface area contributed by atoms with E-state index in [1.807, 2.05) is 12.1 Å². The summed E-state index contributed by atoms with van der Waals surface area (Å²) in [5, 5.41) is 11.4. The van der Waals surface area contributed by atoms with Gasteiger partial charge in [-0.15, -0.1) is 0 Å². The average Bonchev–Trinajstić information content (AvgIpc) is 2.31. The van der Waals surface area contributed by atoms with Crippen molar-refractivity contribution in [2.45, 2.75) is 12.8 Å². The molecule has 1 aliphatic rings. The van der Waals surface area contributed by atoms with Gasteiger partial charge in [-0.2, -0.15) is 0 Å². The number of hydrogen-bond donors (Lipinski definition) is 2. The third-order valence-corrected chi connectivity index (χ3v) is 2.87. The van der Waals surface area contributed by atoms with E-state index in [1.165, 1.54) is 0 Å². The van der Waals surface area contributed by atoms with Gasteiger partial charge in [0.25, 0.3) is 0 Å². The molecule has 0 radical (unpaired) electrons. The van der Waals surface area contributed by atoms with Crippen molar-refractivity contribution in [3.8, 4) is 0 Å². The molecule has 1 aliphatic heterocycles. The van der Waals surface area contributed by atoms with Gasteiger partial charge in [-0.25, -0.2) is 0 Å². The van der Waals surface area contributed by atoms with E-state index in [2.05, 4.69) is 5.32 Å². The number of amides is 1. The summed E-state index contributed by atoms with van der Waals surface area (Å²) in [5.41, 5.74) is 2.75. The molecule has 1 aromatic rings. The molecule has 5 nitrogen and oxygen atoms in total. The fourth-order valence-electron chi connectivity index (χ4n) is 1.94. The number of aliphatic carboxylic acids is 1. The maximum Gasteiger partial charge on any atom is 0.322 e. The lowest BCUT2D eigenvalue weighted by Crippen LogP contribution is -2.31. The van der Waals surface area contributed by atoms with Gasteiger partial charge in [0.05, 0.1) is 0 Å². The fourth-order valence-corrected chi connectivity index (χ4v) is 1.94. The van der Waals surface area contributed by atoms with Crippen molar-refractivity contribution in [3.05, 3.63) is 23.8 Å². The summed E-state index contributed by atoms with van der Waals surface area (Å²) in [7, 11) is 1.75. The molecule has 0 spiro atoms. The summed E-state index contributed by atoms with van der Waals surface area (Å²) < 4.78 is 0. The van der Waals surface area contributed by atoms with Crippen LogP contribution in [0.5, 0.6) is 0 Å². The van der Waals surface area contributed by atoms with E-state index in [0.717, 1.165) is 16.9 Å². The zero-order valence-corrected chi connectivity index (χ0v) is 9.56. The fraction of sp³-hybridized carbons (Fsp3) is 0.333. The number of carbonyl (C=O) groups is 2. The molecule has 0 fully saturated rings. The summed E-state index contributed by atoms with van der Waals surface area (Å²) in [6.45, 7) is -0.104. The number of aryl methyl sites for hydroxylation is 1. The summed E-state index contributed by atoms with van der Waals surface area (Å²) in [6, 6.07) is 5.54. The highest BCUT2D eigenvalue weighted by atomic mass is 16.4. The first-order valence-corrected chi connectivity index (χ1v) is 5.43. The van der Waals surface area contributed by atoms with Gasteiger partial charge in [-0.05, 0) is 30.2 Å². The number of benzene rings is 1. The number of nitrogens with one attached hydrogen (secondary N) is 1. The maximum absolute atomic E-state index is 11.5.